The first-order chi connectivity index (χ1) is 13.9. The number of aliphatic imine (C=N–C) groups is 1. The highest BCUT2D eigenvalue weighted by Gasteiger charge is 2.18. The van der Waals surface area contributed by atoms with Crippen LogP contribution in [0.15, 0.2) is 58.6 Å². The number of rotatable bonds is 5. The summed E-state index contributed by atoms with van der Waals surface area (Å²) in [6.07, 6.45) is 4.47. The molecule has 0 saturated carbocycles. The normalized spacial score (nSPS) is 10.8. The molecule has 1 N–H and O–H groups in total. The monoisotopic (exact) mass is 389 g/mol. The van der Waals surface area contributed by atoms with Crippen molar-refractivity contribution in [2.75, 3.05) is 0 Å². The van der Waals surface area contributed by atoms with Gasteiger partial charge in [0, 0.05) is 30.7 Å². The highest BCUT2D eigenvalue weighted by atomic mass is 16.6. The van der Waals surface area contributed by atoms with Crippen molar-refractivity contribution in [1.82, 2.24) is 9.55 Å². The molecule has 0 atom stereocenters. The van der Waals surface area contributed by atoms with Gasteiger partial charge in [0.15, 0.2) is 0 Å². The Kier molecular flexibility index (Phi) is 5.46. The molecule has 0 bridgehead atoms. The van der Waals surface area contributed by atoms with Gasteiger partial charge in [0.1, 0.15) is 11.6 Å². The zero-order valence-corrected chi connectivity index (χ0v) is 15.3. The van der Waals surface area contributed by atoms with Crippen LogP contribution in [0.2, 0.25) is 0 Å². The molecule has 0 fully saturated rings. The fraction of sp³-hybridized carbons (Fsp3) is 0.100. The lowest BCUT2D eigenvalue weighted by Crippen LogP contribution is -2.26. The average molecular weight is 389 g/mol. The molecule has 3 aromatic rings. The Bertz CT molecular complexity index is 1190. The molecule has 0 spiro atoms. The minimum atomic E-state index is -0.612. The van der Waals surface area contributed by atoms with Crippen LogP contribution in [0.25, 0.3) is 0 Å². The molecule has 2 heterocycles. The second-order valence-electron chi connectivity index (χ2n) is 6.13. The van der Waals surface area contributed by atoms with E-state index in [1.807, 2.05) is 6.07 Å². The van der Waals surface area contributed by atoms with Gasteiger partial charge < -0.3 is 5.11 Å². The molecular weight excluding hydrogens is 374 g/mol. The summed E-state index contributed by atoms with van der Waals surface area (Å²) in [6.45, 7) is 1.58. The van der Waals surface area contributed by atoms with Crippen molar-refractivity contribution in [3.8, 4) is 11.9 Å². The Morgan fingerprint density at radius 1 is 1.34 bits per heavy atom. The van der Waals surface area contributed by atoms with Crippen LogP contribution in [0, 0.1) is 28.4 Å². The molecule has 1 aromatic carbocycles. The van der Waals surface area contributed by atoms with Crippen molar-refractivity contribution < 1.29 is 10.0 Å². The lowest BCUT2D eigenvalue weighted by atomic mass is 10.1. The number of nitro benzene ring substituents is 1. The second kappa shape index (κ2) is 8.14. The van der Waals surface area contributed by atoms with Gasteiger partial charge in [0.05, 0.1) is 22.7 Å². The maximum atomic E-state index is 12.6. The van der Waals surface area contributed by atoms with Crippen molar-refractivity contribution in [2.24, 2.45) is 4.99 Å². The van der Waals surface area contributed by atoms with Crippen LogP contribution < -0.4 is 5.56 Å². The number of hydrogen-bond acceptors (Lipinski definition) is 7. The fourth-order valence-corrected chi connectivity index (χ4v) is 2.75. The van der Waals surface area contributed by atoms with Crippen molar-refractivity contribution in [2.45, 2.75) is 13.5 Å². The first-order valence-electron chi connectivity index (χ1n) is 8.46. The van der Waals surface area contributed by atoms with Crippen LogP contribution in [0.1, 0.15) is 22.3 Å². The summed E-state index contributed by atoms with van der Waals surface area (Å²) in [5, 5.41) is 30.8. The Morgan fingerprint density at radius 2 is 2.07 bits per heavy atom. The van der Waals surface area contributed by atoms with Crippen molar-refractivity contribution in [1.29, 1.82) is 5.26 Å². The van der Waals surface area contributed by atoms with Crippen molar-refractivity contribution in [3.63, 3.8) is 0 Å². The molecule has 144 valence electrons. The van der Waals surface area contributed by atoms with Gasteiger partial charge in [-0.05, 0) is 36.2 Å². The summed E-state index contributed by atoms with van der Waals surface area (Å²) >= 11 is 0. The minimum Gasteiger partial charge on any atom is -0.494 e. The Hall–Kier alpha value is -4.32. The third-order valence-electron chi connectivity index (χ3n) is 4.31. The van der Waals surface area contributed by atoms with Gasteiger partial charge in [-0.25, -0.2) is 0 Å². The Balaban J connectivity index is 2.06. The quantitative estimate of drug-likeness (QED) is 0.405. The molecule has 2 aromatic heterocycles. The van der Waals surface area contributed by atoms with Gasteiger partial charge in [-0.3, -0.25) is 29.5 Å². The van der Waals surface area contributed by atoms with E-state index in [-0.39, 0.29) is 29.2 Å². The lowest BCUT2D eigenvalue weighted by Gasteiger charge is -2.14. The standard InChI is InChI=1S/C20H15N5O4/c1-13-17(9-21)19(26)24(12-14-3-2-8-22-10-14)20(27)18(13)11-23-15-4-6-16(7-5-15)25(28)29/h2-8,10-11,27H,12H2,1H3. The minimum absolute atomic E-state index is 0.0336. The van der Waals surface area contributed by atoms with Gasteiger partial charge in [-0.1, -0.05) is 6.07 Å². The van der Waals surface area contributed by atoms with E-state index in [9.17, 15) is 25.3 Å². The summed E-state index contributed by atoms with van der Waals surface area (Å²) < 4.78 is 1.08. The molecule has 9 heteroatoms. The summed E-state index contributed by atoms with van der Waals surface area (Å²) in [6, 6.07) is 10.9. The van der Waals surface area contributed by atoms with E-state index in [4.69, 9.17) is 0 Å². The summed E-state index contributed by atoms with van der Waals surface area (Å²) in [5.74, 6) is -0.332. The summed E-state index contributed by atoms with van der Waals surface area (Å²) in [7, 11) is 0. The molecule has 0 amide bonds. The van der Waals surface area contributed by atoms with Gasteiger partial charge in [-0.2, -0.15) is 5.26 Å². The van der Waals surface area contributed by atoms with Gasteiger partial charge in [0.25, 0.3) is 11.2 Å². The maximum absolute atomic E-state index is 12.6. The maximum Gasteiger partial charge on any atom is 0.271 e. The lowest BCUT2D eigenvalue weighted by molar-refractivity contribution is -0.384. The fourth-order valence-electron chi connectivity index (χ4n) is 2.75. The van der Waals surface area contributed by atoms with Crippen LogP contribution in [0.5, 0.6) is 5.88 Å². The highest BCUT2D eigenvalue weighted by molar-refractivity contribution is 5.87. The number of non-ortho nitro benzene ring substituents is 1. The van der Waals surface area contributed by atoms with Crippen molar-refractivity contribution in [3.05, 3.63) is 91.5 Å². The Labute approximate surface area is 165 Å². The van der Waals surface area contributed by atoms with Crippen LogP contribution in [-0.4, -0.2) is 25.8 Å². The first kappa shape index (κ1) is 19.4. The molecule has 0 radical (unpaired) electrons. The van der Waals surface area contributed by atoms with Gasteiger partial charge in [0.2, 0.25) is 5.88 Å². The number of pyridine rings is 2. The molecule has 3 rings (SSSR count). The van der Waals surface area contributed by atoms with E-state index in [1.165, 1.54) is 30.5 Å². The third-order valence-corrected chi connectivity index (χ3v) is 4.31. The molecule has 0 aliphatic rings. The van der Waals surface area contributed by atoms with E-state index < -0.39 is 10.5 Å². The summed E-state index contributed by atoms with van der Waals surface area (Å²) in [4.78, 5) is 31.0. The number of benzene rings is 1. The Morgan fingerprint density at radius 3 is 2.66 bits per heavy atom. The van der Waals surface area contributed by atoms with Crippen LogP contribution in [0.4, 0.5) is 11.4 Å². The van der Waals surface area contributed by atoms with E-state index >= 15 is 0 Å². The zero-order valence-electron chi connectivity index (χ0n) is 15.3. The number of nitriles is 1. The molecule has 0 saturated heterocycles. The van der Waals surface area contributed by atoms with Crippen LogP contribution in [0.3, 0.4) is 0 Å². The molecular formula is C20H15N5O4. The SMILES string of the molecule is Cc1c(C=Nc2ccc([N+](=O)[O-])cc2)c(O)n(Cc2cccnc2)c(=O)c1C#N. The smallest absolute Gasteiger partial charge is 0.271 e. The van der Waals surface area contributed by atoms with Crippen LogP contribution in [-0.2, 0) is 6.54 Å². The molecule has 0 unspecified atom stereocenters. The van der Waals surface area contributed by atoms with E-state index in [0.29, 0.717) is 16.8 Å². The first-order valence-corrected chi connectivity index (χ1v) is 8.46. The van der Waals surface area contributed by atoms with Gasteiger partial charge >= 0.3 is 0 Å². The summed E-state index contributed by atoms with van der Waals surface area (Å²) in [5.41, 5.74) is 0.816. The molecule has 0 aliphatic heterocycles. The number of aromatic nitrogens is 2. The predicted octanol–water partition coefficient (Wildman–Crippen LogP) is 2.84. The molecule has 0 aliphatic carbocycles. The van der Waals surface area contributed by atoms with E-state index in [1.54, 1.807) is 31.5 Å². The predicted molar refractivity (Wildman–Crippen MR) is 106 cm³/mol. The number of nitrogens with zero attached hydrogens (tertiary/aromatic N) is 5. The topological polar surface area (TPSA) is 134 Å². The van der Waals surface area contributed by atoms with Gasteiger partial charge in [-0.15, -0.1) is 0 Å². The van der Waals surface area contributed by atoms with Crippen LogP contribution >= 0.6 is 0 Å². The molecule has 9 nitrogen and oxygen atoms in total. The second-order valence-corrected chi connectivity index (χ2v) is 6.13. The number of aromatic hydroxyl groups is 1. The largest absolute Gasteiger partial charge is 0.494 e. The zero-order chi connectivity index (χ0) is 21.0. The number of nitro groups is 1. The number of hydrogen-bond donors (Lipinski definition) is 1. The van der Waals surface area contributed by atoms with E-state index in [2.05, 4.69) is 9.98 Å². The third kappa shape index (κ3) is 4.01. The molecule has 29 heavy (non-hydrogen) atoms. The van der Waals surface area contributed by atoms with Crippen molar-refractivity contribution >= 4 is 17.6 Å². The average Bonchev–Trinajstić information content (AvgIpc) is 2.72. The van der Waals surface area contributed by atoms with E-state index in [0.717, 1.165) is 4.57 Å². The highest BCUT2D eigenvalue weighted by Crippen LogP contribution is 2.23.